The van der Waals surface area contributed by atoms with Gasteiger partial charge in [-0.2, -0.15) is 0 Å². The molecule has 0 aliphatic carbocycles. The summed E-state index contributed by atoms with van der Waals surface area (Å²) in [6.07, 6.45) is 5.23. The quantitative estimate of drug-likeness (QED) is 0.808. The van der Waals surface area contributed by atoms with Crippen molar-refractivity contribution >= 4 is 15.9 Å². The lowest BCUT2D eigenvalue weighted by atomic mass is 9.99. The van der Waals surface area contributed by atoms with Crippen molar-refractivity contribution in [3.05, 3.63) is 34.3 Å². The van der Waals surface area contributed by atoms with Crippen LogP contribution in [0.25, 0.3) is 0 Å². The number of likely N-dealkylation sites (tertiary alicyclic amines) is 1. The van der Waals surface area contributed by atoms with Gasteiger partial charge in [0.15, 0.2) is 0 Å². The molecule has 1 fully saturated rings. The van der Waals surface area contributed by atoms with Crippen LogP contribution in [0.5, 0.6) is 0 Å². The lowest BCUT2D eigenvalue weighted by molar-refractivity contribution is 0.191. The van der Waals surface area contributed by atoms with Crippen molar-refractivity contribution in [1.29, 1.82) is 0 Å². The second-order valence-corrected chi connectivity index (χ2v) is 6.07. The lowest BCUT2D eigenvalue weighted by Crippen LogP contribution is -2.33. The second kappa shape index (κ2) is 6.55. The third kappa shape index (κ3) is 4.11. The van der Waals surface area contributed by atoms with E-state index in [1.54, 1.807) is 0 Å². The second-order valence-electron chi connectivity index (χ2n) is 5.22. The van der Waals surface area contributed by atoms with E-state index in [4.69, 9.17) is 0 Å². The van der Waals surface area contributed by atoms with Crippen LogP contribution in [-0.2, 0) is 6.42 Å². The summed E-state index contributed by atoms with van der Waals surface area (Å²) in [5.74, 6) is 0.939. The van der Waals surface area contributed by atoms with E-state index in [1.807, 2.05) is 0 Å². The van der Waals surface area contributed by atoms with Gasteiger partial charge in [0.2, 0.25) is 0 Å². The Balaban J connectivity index is 1.71. The molecule has 0 radical (unpaired) electrons. The summed E-state index contributed by atoms with van der Waals surface area (Å²) in [4.78, 5) is 2.62. The Morgan fingerprint density at radius 1 is 1.24 bits per heavy atom. The van der Waals surface area contributed by atoms with Crippen molar-refractivity contribution in [3.8, 4) is 0 Å². The summed E-state index contributed by atoms with van der Waals surface area (Å²) in [6.45, 7) is 6.24. The Morgan fingerprint density at radius 3 is 2.65 bits per heavy atom. The van der Waals surface area contributed by atoms with Gasteiger partial charge in [-0.1, -0.05) is 41.1 Å². The molecule has 1 aromatic carbocycles. The molecule has 0 N–H and O–H groups in total. The van der Waals surface area contributed by atoms with Crippen LogP contribution in [0, 0.1) is 5.92 Å². The van der Waals surface area contributed by atoms with E-state index in [0.717, 1.165) is 5.92 Å². The summed E-state index contributed by atoms with van der Waals surface area (Å²) in [5.41, 5.74) is 1.44. The van der Waals surface area contributed by atoms with Crippen LogP contribution in [0.15, 0.2) is 28.7 Å². The zero-order valence-electron chi connectivity index (χ0n) is 10.7. The van der Waals surface area contributed by atoms with Crippen molar-refractivity contribution in [1.82, 2.24) is 4.90 Å². The Kier molecular flexibility index (Phi) is 5.05. The molecule has 0 bridgehead atoms. The van der Waals surface area contributed by atoms with E-state index in [2.05, 4.69) is 52.0 Å². The molecular formula is C15H22BrN. The first kappa shape index (κ1) is 13.1. The van der Waals surface area contributed by atoms with E-state index in [0.29, 0.717) is 0 Å². The largest absolute Gasteiger partial charge is 0.303 e. The van der Waals surface area contributed by atoms with Crippen LogP contribution < -0.4 is 0 Å². The van der Waals surface area contributed by atoms with Gasteiger partial charge >= 0.3 is 0 Å². The molecule has 0 atom stereocenters. The molecule has 2 heteroatoms. The first-order valence-corrected chi connectivity index (χ1v) is 7.51. The number of hydrogen-bond acceptors (Lipinski definition) is 1. The van der Waals surface area contributed by atoms with Gasteiger partial charge in [-0.3, -0.25) is 0 Å². The number of nitrogens with zero attached hydrogens (tertiary/aromatic N) is 1. The molecule has 0 unspecified atom stereocenters. The van der Waals surface area contributed by atoms with Gasteiger partial charge in [0.05, 0.1) is 0 Å². The van der Waals surface area contributed by atoms with Gasteiger partial charge < -0.3 is 4.90 Å². The first-order chi connectivity index (χ1) is 8.25. The number of aryl methyl sites for hydroxylation is 1. The summed E-state index contributed by atoms with van der Waals surface area (Å²) < 4.78 is 1.26. The highest BCUT2D eigenvalue weighted by molar-refractivity contribution is 9.10. The van der Waals surface area contributed by atoms with E-state index >= 15 is 0 Å². The van der Waals surface area contributed by atoms with Crippen LogP contribution >= 0.6 is 15.9 Å². The van der Waals surface area contributed by atoms with E-state index in [-0.39, 0.29) is 0 Å². The molecule has 0 saturated carbocycles. The zero-order chi connectivity index (χ0) is 12.1. The number of benzene rings is 1. The SMILES string of the molecule is CC1CCN(CCCc2ccccc2Br)CC1. The van der Waals surface area contributed by atoms with Gasteiger partial charge in [-0.25, -0.2) is 0 Å². The Hall–Kier alpha value is -0.340. The highest BCUT2D eigenvalue weighted by atomic mass is 79.9. The van der Waals surface area contributed by atoms with Crippen LogP contribution in [-0.4, -0.2) is 24.5 Å². The Labute approximate surface area is 113 Å². The minimum Gasteiger partial charge on any atom is -0.303 e. The van der Waals surface area contributed by atoms with Crippen molar-refractivity contribution in [3.63, 3.8) is 0 Å². The maximum Gasteiger partial charge on any atom is 0.0207 e. The number of hydrogen-bond donors (Lipinski definition) is 0. The highest BCUT2D eigenvalue weighted by Gasteiger charge is 2.14. The monoisotopic (exact) mass is 295 g/mol. The van der Waals surface area contributed by atoms with E-state index < -0.39 is 0 Å². The molecule has 0 aromatic heterocycles. The summed E-state index contributed by atoms with van der Waals surface area (Å²) in [5, 5.41) is 0. The molecule has 2 rings (SSSR count). The lowest BCUT2D eigenvalue weighted by Gasteiger charge is -2.30. The fourth-order valence-electron chi connectivity index (χ4n) is 2.48. The third-order valence-corrected chi connectivity index (χ3v) is 4.53. The fraction of sp³-hybridized carbons (Fsp3) is 0.600. The fourth-order valence-corrected chi connectivity index (χ4v) is 2.96. The van der Waals surface area contributed by atoms with Crippen molar-refractivity contribution in [2.45, 2.75) is 32.6 Å². The smallest absolute Gasteiger partial charge is 0.0207 e. The average molecular weight is 296 g/mol. The molecular weight excluding hydrogens is 274 g/mol. The van der Waals surface area contributed by atoms with Crippen LogP contribution in [0.3, 0.4) is 0 Å². The van der Waals surface area contributed by atoms with Gasteiger partial charge in [-0.15, -0.1) is 0 Å². The Bertz CT molecular complexity index is 343. The molecule has 0 spiro atoms. The number of halogens is 1. The molecule has 1 aromatic rings. The summed E-state index contributed by atoms with van der Waals surface area (Å²) in [6, 6.07) is 8.57. The molecule has 94 valence electrons. The molecule has 0 amide bonds. The molecule has 17 heavy (non-hydrogen) atoms. The van der Waals surface area contributed by atoms with E-state index in [9.17, 15) is 0 Å². The first-order valence-electron chi connectivity index (χ1n) is 6.71. The highest BCUT2D eigenvalue weighted by Crippen LogP contribution is 2.19. The molecule has 1 saturated heterocycles. The normalized spacial score (nSPS) is 18.5. The van der Waals surface area contributed by atoms with Crippen LogP contribution in [0.2, 0.25) is 0 Å². The number of rotatable bonds is 4. The summed E-state index contributed by atoms with van der Waals surface area (Å²) in [7, 11) is 0. The maximum atomic E-state index is 3.62. The van der Waals surface area contributed by atoms with Gasteiger partial charge in [0, 0.05) is 4.47 Å². The Morgan fingerprint density at radius 2 is 1.94 bits per heavy atom. The minimum atomic E-state index is 0.939. The third-order valence-electron chi connectivity index (χ3n) is 3.75. The summed E-state index contributed by atoms with van der Waals surface area (Å²) >= 11 is 3.62. The van der Waals surface area contributed by atoms with E-state index in [1.165, 1.54) is 55.4 Å². The van der Waals surface area contributed by atoms with Gasteiger partial charge in [-0.05, 0) is 62.9 Å². The molecule has 1 aliphatic rings. The standard InChI is InChI=1S/C15H22BrN/c1-13-8-11-17(12-9-13)10-4-6-14-5-2-3-7-15(14)16/h2-3,5,7,13H,4,6,8-12H2,1H3. The van der Waals surface area contributed by atoms with Gasteiger partial charge in [0.1, 0.15) is 0 Å². The topological polar surface area (TPSA) is 3.24 Å². The maximum absolute atomic E-state index is 3.62. The van der Waals surface area contributed by atoms with Crippen molar-refractivity contribution < 1.29 is 0 Å². The number of piperidine rings is 1. The van der Waals surface area contributed by atoms with Crippen LogP contribution in [0.1, 0.15) is 31.7 Å². The van der Waals surface area contributed by atoms with Crippen molar-refractivity contribution in [2.24, 2.45) is 5.92 Å². The molecule has 1 heterocycles. The molecule has 1 aliphatic heterocycles. The average Bonchev–Trinajstić information content (AvgIpc) is 2.34. The molecule has 1 nitrogen and oxygen atoms in total. The zero-order valence-corrected chi connectivity index (χ0v) is 12.2. The van der Waals surface area contributed by atoms with Crippen molar-refractivity contribution in [2.75, 3.05) is 19.6 Å². The predicted molar refractivity (Wildman–Crippen MR) is 77.3 cm³/mol. The predicted octanol–water partition coefficient (Wildman–Crippen LogP) is 4.11. The van der Waals surface area contributed by atoms with Gasteiger partial charge in [0.25, 0.3) is 0 Å². The minimum absolute atomic E-state index is 0.939. The van der Waals surface area contributed by atoms with Crippen LogP contribution in [0.4, 0.5) is 0 Å².